The summed E-state index contributed by atoms with van der Waals surface area (Å²) in [6.07, 6.45) is 0.846. The van der Waals surface area contributed by atoms with Crippen molar-refractivity contribution in [3.05, 3.63) is 63.7 Å². The largest absolute Gasteiger partial charge is 0.363 e. The highest BCUT2D eigenvalue weighted by Crippen LogP contribution is 2.30. The Kier molecular flexibility index (Phi) is 6.42. The Morgan fingerprint density at radius 2 is 1.93 bits per heavy atom. The van der Waals surface area contributed by atoms with Gasteiger partial charge >= 0.3 is 0 Å². The first-order chi connectivity index (χ1) is 14.0. The Labute approximate surface area is 169 Å². The van der Waals surface area contributed by atoms with Gasteiger partial charge in [0.1, 0.15) is 5.69 Å². The summed E-state index contributed by atoms with van der Waals surface area (Å²) in [4.78, 5) is 27.3. The van der Waals surface area contributed by atoms with Gasteiger partial charge in [-0.05, 0) is 30.2 Å². The average Bonchev–Trinajstić information content (AvgIpc) is 2.74. The number of nitro benzene ring substituents is 1. The highest BCUT2D eigenvalue weighted by molar-refractivity contribution is 5.93. The van der Waals surface area contributed by atoms with Crippen LogP contribution in [0.2, 0.25) is 0 Å². The maximum absolute atomic E-state index is 12.4. The van der Waals surface area contributed by atoms with Crippen molar-refractivity contribution in [2.75, 3.05) is 42.9 Å². The zero-order valence-electron chi connectivity index (χ0n) is 16.3. The topological polar surface area (TPSA) is 103 Å². The predicted molar refractivity (Wildman–Crippen MR) is 111 cm³/mol. The summed E-state index contributed by atoms with van der Waals surface area (Å²) in [7, 11) is 0. The molecule has 3 rings (SSSR count). The first kappa shape index (κ1) is 20.3. The summed E-state index contributed by atoms with van der Waals surface area (Å²) >= 11 is 0. The molecule has 29 heavy (non-hydrogen) atoms. The van der Waals surface area contributed by atoms with Crippen LogP contribution in [-0.2, 0) is 11.2 Å². The second-order valence-corrected chi connectivity index (χ2v) is 6.89. The molecule has 1 saturated heterocycles. The van der Waals surface area contributed by atoms with Crippen molar-refractivity contribution in [3.8, 4) is 6.07 Å². The van der Waals surface area contributed by atoms with Gasteiger partial charge in [0.05, 0.1) is 23.1 Å². The molecular formula is C21H23N5O3. The quantitative estimate of drug-likeness (QED) is 0.598. The van der Waals surface area contributed by atoms with E-state index in [-0.39, 0.29) is 23.7 Å². The number of benzene rings is 2. The van der Waals surface area contributed by atoms with Crippen LogP contribution in [0.3, 0.4) is 0 Å². The van der Waals surface area contributed by atoms with E-state index in [1.807, 2.05) is 47.1 Å². The van der Waals surface area contributed by atoms with E-state index in [9.17, 15) is 14.9 Å². The molecule has 1 N–H and O–H groups in total. The Bertz CT molecular complexity index is 946. The fraction of sp³-hybridized carbons (Fsp3) is 0.333. The van der Waals surface area contributed by atoms with Crippen LogP contribution in [0.4, 0.5) is 17.1 Å². The van der Waals surface area contributed by atoms with Gasteiger partial charge in [0, 0.05) is 37.9 Å². The lowest BCUT2D eigenvalue weighted by Gasteiger charge is -2.35. The number of carbonyl (C=O) groups is 1. The van der Waals surface area contributed by atoms with Crippen molar-refractivity contribution in [1.29, 1.82) is 5.26 Å². The van der Waals surface area contributed by atoms with Crippen LogP contribution in [-0.4, -0.2) is 48.5 Å². The molecule has 1 aliphatic rings. The number of carbonyl (C=O) groups excluding carboxylic acids is 1. The van der Waals surface area contributed by atoms with E-state index in [1.54, 1.807) is 12.1 Å². The van der Waals surface area contributed by atoms with Crippen molar-refractivity contribution in [2.24, 2.45) is 0 Å². The summed E-state index contributed by atoms with van der Waals surface area (Å²) in [5.41, 5.74) is 2.65. The molecule has 150 valence electrons. The number of aryl methyl sites for hydroxylation is 1. The third-order valence-electron chi connectivity index (χ3n) is 5.05. The Morgan fingerprint density at radius 3 is 2.59 bits per heavy atom. The summed E-state index contributed by atoms with van der Waals surface area (Å²) in [5.74, 6) is -0.0660. The molecule has 2 aromatic rings. The van der Waals surface area contributed by atoms with Crippen LogP contribution < -0.4 is 10.2 Å². The molecule has 1 amide bonds. The fourth-order valence-corrected chi connectivity index (χ4v) is 3.50. The Hall–Kier alpha value is -3.44. The molecular weight excluding hydrogens is 370 g/mol. The zero-order chi connectivity index (χ0) is 20.8. The minimum Gasteiger partial charge on any atom is -0.363 e. The number of para-hydroxylation sites is 1. The average molecular weight is 393 g/mol. The molecule has 2 aromatic carbocycles. The molecule has 1 heterocycles. The maximum atomic E-state index is 12.4. The molecule has 0 spiro atoms. The number of nitro groups is 1. The third kappa shape index (κ3) is 4.89. The third-order valence-corrected chi connectivity index (χ3v) is 5.05. The predicted octanol–water partition coefficient (Wildman–Crippen LogP) is 2.79. The smallest absolute Gasteiger partial charge is 0.293 e. The number of nitrogens with zero attached hydrogens (tertiary/aromatic N) is 4. The van der Waals surface area contributed by atoms with Gasteiger partial charge in [-0.15, -0.1) is 0 Å². The number of anilines is 2. The molecule has 0 radical (unpaired) electrons. The van der Waals surface area contributed by atoms with Gasteiger partial charge in [-0.25, -0.2) is 0 Å². The van der Waals surface area contributed by atoms with Gasteiger partial charge in [0.15, 0.2) is 0 Å². The molecule has 0 saturated carbocycles. The minimum absolute atomic E-state index is 0.0635. The number of rotatable bonds is 6. The van der Waals surface area contributed by atoms with Crippen molar-refractivity contribution >= 4 is 23.0 Å². The first-order valence-corrected chi connectivity index (χ1v) is 9.55. The van der Waals surface area contributed by atoms with Gasteiger partial charge in [-0.1, -0.05) is 25.1 Å². The standard InChI is InChI=1S/C21H23N5O3/c1-2-17-5-3-4-6-18(17)23-21(27)15-24-9-11-25(12-10-24)19-8-7-16(14-22)13-20(19)26(28)29/h3-8,13H,2,9-12,15H2,1H3,(H,23,27). The van der Waals surface area contributed by atoms with Crippen LogP contribution >= 0.6 is 0 Å². The highest BCUT2D eigenvalue weighted by atomic mass is 16.6. The second-order valence-electron chi connectivity index (χ2n) is 6.89. The first-order valence-electron chi connectivity index (χ1n) is 9.55. The molecule has 8 nitrogen and oxygen atoms in total. The number of hydrogen-bond donors (Lipinski definition) is 1. The number of nitrogens with one attached hydrogen (secondary N) is 1. The van der Waals surface area contributed by atoms with Gasteiger partial charge in [-0.2, -0.15) is 5.26 Å². The Balaban J connectivity index is 1.59. The molecule has 0 aliphatic carbocycles. The van der Waals surface area contributed by atoms with Gasteiger partial charge in [0.2, 0.25) is 5.91 Å². The summed E-state index contributed by atoms with van der Waals surface area (Å²) < 4.78 is 0. The molecule has 0 aromatic heterocycles. The van der Waals surface area contributed by atoms with E-state index in [4.69, 9.17) is 5.26 Å². The molecule has 1 fully saturated rings. The molecule has 0 atom stereocenters. The summed E-state index contributed by atoms with van der Waals surface area (Å²) in [6, 6.07) is 14.2. The van der Waals surface area contributed by atoms with Crippen molar-refractivity contribution in [1.82, 2.24) is 4.90 Å². The zero-order valence-corrected chi connectivity index (χ0v) is 16.3. The van der Waals surface area contributed by atoms with Crippen LogP contribution in [0, 0.1) is 21.4 Å². The molecule has 8 heteroatoms. The normalized spacial score (nSPS) is 14.3. The number of amides is 1. The van der Waals surface area contributed by atoms with E-state index in [1.165, 1.54) is 6.07 Å². The summed E-state index contributed by atoms with van der Waals surface area (Å²) in [5, 5.41) is 23.3. The van der Waals surface area contributed by atoms with Crippen LogP contribution in [0.5, 0.6) is 0 Å². The summed E-state index contributed by atoms with van der Waals surface area (Å²) in [6.45, 7) is 4.73. The van der Waals surface area contributed by atoms with E-state index < -0.39 is 4.92 Å². The van der Waals surface area contributed by atoms with E-state index >= 15 is 0 Å². The Morgan fingerprint density at radius 1 is 1.21 bits per heavy atom. The number of hydrogen-bond acceptors (Lipinski definition) is 6. The van der Waals surface area contributed by atoms with Crippen LogP contribution in [0.25, 0.3) is 0 Å². The van der Waals surface area contributed by atoms with E-state index in [2.05, 4.69) is 5.32 Å². The van der Waals surface area contributed by atoms with Crippen LogP contribution in [0.1, 0.15) is 18.1 Å². The van der Waals surface area contributed by atoms with Crippen LogP contribution in [0.15, 0.2) is 42.5 Å². The lowest BCUT2D eigenvalue weighted by molar-refractivity contribution is -0.384. The number of nitriles is 1. The minimum atomic E-state index is -0.457. The SMILES string of the molecule is CCc1ccccc1NC(=O)CN1CCN(c2ccc(C#N)cc2[N+](=O)[O-])CC1. The second kappa shape index (κ2) is 9.17. The van der Waals surface area contributed by atoms with E-state index in [0.29, 0.717) is 31.9 Å². The van der Waals surface area contributed by atoms with E-state index in [0.717, 1.165) is 17.7 Å². The highest BCUT2D eigenvalue weighted by Gasteiger charge is 2.25. The van der Waals surface area contributed by atoms with Crippen molar-refractivity contribution in [3.63, 3.8) is 0 Å². The van der Waals surface area contributed by atoms with Gasteiger partial charge in [-0.3, -0.25) is 19.8 Å². The van der Waals surface area contributed by atoms with Gasteiger partial charge in [0.25, 0.3) is 5.69 Å². The monoisotopic (exact) mass is 393 g/mol. The lowest BCUT2D eigenvalue weighted by Crippen LogP contribution is -2.48. The fourth-order valence-electron chi connectivity index (χ4n) is 3.50. The number of piperazine rings is 1. The van der Waals surface area contributed by atoms with Crippen molar-refractivity contribution in [2.45, 2.75) is 13.3 Å². The molecule has 0 bridgehead atoms. The maximum Gasteiger partial charge on any atom is 0.293 e. The van der Waals surface area contributed by atoms with Gasteiger partial charge < -0.3 is 10.2 Å². The molecule has 0 unspecified atom stereocenters. The lowest BCUT2D eigenvalue weighted by atomic mass is 10.1. The molecule has 1 aliphatic heterocycles. The van der Waals surface area contributed by atoms with Crippen molar-refractivity contribution < 1.29 is 9.72 Å².